The van der Waals surface area contributed by atoms with Crippen molar-refractivity contribution in [2.45, 2.75) is 12.5 Å². The lowest BCUT2D eigenvalue weighted by Crippen LogP contribution is -2.35. The molecule has 3 heteroatoms. The first kappa shape index (κ1) is 8.02. The lowest BCUT2D eigenvalue weighted by atomic mass is 9.98. The van der Waals surface area contributed by atoms with Gasteiger partial charge in [0, 0.05) is 11.6 Å². The minimum Gasteiger partial charge on any atom is -0.310 e. The van der Waals surface area contributed by atoms with Crippen LogP contribution in [0.25, 0.3) is 0 Å². The molecule has 0 aliphatic carbocycles. The van der Waals surface area contributed by atoms with Crippen molar-refractivity contribution < 1.29 is 4.39 Å². The number of benzene rings is 1. The van der Waals surface area contributed by atoms with E-state index in [9.17, 15) is 4.39 Å². The zero-order valence-corrected chi connectivity index (χ0v) is 7.24. The third kappa shape index (κ3) is 1.21. The van der Waals surface area contributed by atoms with Gasteiger partial charge in [0.2, 0.25) is 0 Å². The van der Waals surface area contributed by atoms with Crippen LogP contribution in [0.3, 0.4) is 0 Å². The van der Waals surface area contributed by atoms with Crippen LogP contribution in [0.15, 0.2) is 18.2 Å². The summed E-state index contributed by atoms with van der Waals surface area (Å²) in [5.74, 6) is -0.281. The molecule has 64 valence electrons. The van der Waals surface area contributed by atoms with Crippen LogP contribution >= 0.6 is 11.6 Å². The number of nitrogens with one attached hydrogen (secondary N) is 1. The highest BCUT2D eigenvalue weighted by atomic mass is 35.5. The maximum Gasteiger partial charge on any atom is 0.146 e. The van der Waals surface area contributed by atoms with Gasteiger partial charge in [-0.25, -0.2) is 4.39 Å². The van der Waals surface area contributed by atoms with E-state index in [1.807, 2.05) is 0 Å². The average molecular weight is 186 g/mol. The van der Waals surface area contributed by atoms with Crippen LogP contribution in [0.2, 0.25) is 5.02 Å². The highest BCUT2D eigenvalue weighted by Crippen LogP contribution is 2.28. The molecule has 2 rings (SSSR count). The molecular formula is C9H9ClFN. The summed E-state index contributed by atoms with van der Waals surface area (Å²) in [4.78, 5) is 0. The Hall–Kier alpha value is -0.600. The Labute approximate surface area is 75.5 Å². The van der Waals surface area contributed by atoms with E-state index in [1.54, 1.807) is 18.2 Å². The molecule has 0 amide bonds. The molecule has 1 saturated heterocycles. The van der Waals surface area contributed by atoms with Gasteiger partial charge in [-0.15, -0.1) is 0 Å². The van der Waals surface area contributed by atoms with Gasteiger partial charge in [0.1, 0.15) is 5.82 Å². The number of halogens is 2. The monoisotopic (exact) mass is 185 g/mol. The Morgan fingerprint density at radius 3 is 2.83 bits per heavy atom. The summed E-state index contributed by atoms with van der Waals surface area (Å²) >= 11 is 5.64. The minimum absolute atomic E-state index is 0.170. The topological polar surface area (TPSA) is 12.0 Å². The van der Waals surface area contributed by atoms with Gasteiger partial charge in [-0.2, -0.15) is 0 Å². The second kappa shape index (κ2) is 3.04. The second-order valence-corrected chi connectivity index (χ2v) is 3.35. The molecule has 1 aliphatic rings. The lowest BCUT2D eigenvalue weighted by molar-refractivity contribution is 0.370. The van der Waals surface area contributed by atoms with Crippen molar-refractivity contribution in [1.29, 1.82) is 0 Å². The molecule has 1 N–H and O–H groups in total. The quantitative estimate of drug-likeness (QED) is 0.709. The lowest BCUT2D eigenvalue weighted by Gasteiger charge is -2.28. The van der Waals surface area contributed by atoms with Crippen molar-refractivity contribution in [2.24, 2.45) is 0 Å². The Kier molecular flexibility index (Phi) is 2.03. The Bertz CT molecular complexity index is 297. The molecule has 1 unspecified atom stereocenters. The van der Waals surface area contributed by atoms with E-state index in [4.69, 9.17) is 11.6 Å². The minimum atomic E-state index is -0.281. The molecule has 0 bridgehead atoms. The van der Waals surface area contributed by atoms with Gasteiger partial charge in [-0.3, -0.25) is 0 Å². The maximum absolute atomic E-state index is 13.3. The van der Waals surface area contributed by atoms with Gasteiger partial charge in [0.05, 0.1) is 5.02 Å². The van der Waals surface area contributed by atoms with Crippen LogP contribution in [0.1, 0.15) is 18.0 Å². The highest BCUT2D eigenvalue weighted by Gasteiger charge is 2.22. The molecule has 1 aromatic rings. The summed E-state index contributed by atoms with van der Waals surface area (Å²) in [6.07, 6.45) is 0.997. The first-order valence-corrected chi connectivity index (χ1v) is 4.34. The normalized spacial score (nSPS) is 22.0. The molecule has 1 nitrogen and oxygen atoms in total. The third-order valence-corrected chi connectivity index (χ3v) is 2.47. The molecule has 12 heavy (non-hydrogen) atoms. The summed E-state index contributed by atoms with van der Waals surface area (Å²) < 4.78 is 13.3. The van der Waals surface area contributed by atoms with Gasteiger partial charge in [0.15, 0.2) is 0 Å². The highest BCUT2D eigenvalue weighted by molar-refractivity contribution is 6.30. The van der Waals surface area contributed by atoms with E-state index in [0.29, 0.717) is 5.56 Å². The van der Waals surface area contributed by atoms with Crippen molar-refractivity contribution in [1.82, 2.24) is 5.32 Å². The summed E-state index contributed by atoms with van der Waals surface area (Å²) in [5, 5.41) is 3.34. The fraction of sp³-hybridized carbons (Fsp3) is 0.333. The fourth-order valence-corrected chi connectivity index (χ4v) is 1.53. The predicted molar refractivity (Wildman–Crippen MR) is 46.8 cm³/mol. The zero-order valence-electron chi connectivity index (χ0n) is 6.48. The molecule has 1 atom stereocenters. The third-order valence-electron chi connectivity index (χ3n) is 2.18. The van der Waals surface area contributed by atoms with Crippen molar-refractivity contribution in [3.8, 4) is 0 Å². The standard InChI is InChI=1S/C9H9ClFN/c10-7-3-1-2-6(9(7)11)8-4-5-12-8/h1-3,8,12H,4-5H2. The molecular weight excluding hydrogens is 177 g/mol. The summed E-state index contributed by atoms with van der Waals surface area (Å²) in [7, 11) is 0. The SMILES string of the molecule is Fc1c(Cl)cccc1C1CCN1. The molecule has 0 spiro atoms. The molecule has 1 fully saturated rings. The van der Waals surface area contributed by atoms with Crippen LogP contribution in [-0.4, -0.2) is 6.54 Å². The summed E-state index contributed by atoms with van der Waals surface area (Å²) in [6.45, 7) is 0.969. The maximum atomic E-state index is 13.3. The molecule has 0 radical (unpaired) electrons. The van der Waals surface area contributed by atoms with Gasteiger partial charge >= 0.3 is 0 Å². The fourth-order valence-electron chi connectivity index (χ4n) is 1.34. The largest absolute Gasteiger partial charge is 0.310 e. The van der Waals surface area contributed by atoms with Crippen LogP contribution in [-0.2, 0) is 0 Å². The predicted octanol–water partition coefficient (Wildman–Crippen LogP) is 2.51. The summed E-state index contributed by atoms with van der Waals surface area (Å²) in [5.41, 5.74) is 0.689. The van der Waals surface area contributed by atoms with E-state index in [0.717, 1.165) is 13.0 Å². The van der Waals surface area contributed by atoms with E-state index in [-0.39, 0.29) is 16.9 Å². The van der Waals surface area contributed by atoms with E-state index < -0.39 is 0 Å². The van der Waals surface area contributed by atoms with Crippen LogP contribution in [0.4, 0.5) is 4.39 Å². The van der Waals surface area contributed by atoms with Gasteiger partial charge in [-0.05, 0) is 19.0 Å². The number of rotatable bonds is 1. The van der Waals surface area contributed by atoms with Crippen LogP contribution in [0, 0.1) is 5.82 Å². The first-order chi connectivity index (χ1) is 5.79. The molecule has 1 aromatic carbocycles. The molecule has 1 aliphatic heterocycles. The van der Waals surface area contributed by atoms with Crippen LogP contribution in [0.5, 0.6) is 0 Å². The smallest absolute Gasteiger partial charge is 0.146 e. The Morgan fingerprint density at radius 2 is 2.25 bits per heavy atom. The van der Waals surface area contributed by atoms with Gasteiger partial charge < -0.3 is 5.32 Å². The summed E-state index contributed by atoms with van der Waals surface area (Å²) in [6, 6.07) is 5.29. The van der Waals surface area contributed by atoms with Gasteiger partial charge in [0.25, 0.3) is 0 Å². The Morgan fingerprint density at radius 1 is 1.50 bits per heavy atom. The molecule has 0 saturated carbocycles. The van der Waals surface area contributed by atoms with Gasteiger partial charge in [-0.1, -0.05) is 23.7 Å². The zero-order chi connectivity index (χ0) is 8.55. The van der Waals surface area contributed by atoms with Crippen molar-refractivity contribution in [3.05, 3.63) is 34.6 Å². The Balaban J connectivity index is 2.36. The van der Waals surface area contributed by atoms with Crippen LogP contribution < -0.4 is 5.32 Å². The van der Waals surface area contributed by atoms with Crippen molar-refractivity contribution >= 4 is 11.6 Å². The number of hydrogen-bond donors (Lipinski definition) is 1. The van der Waals surface area contributed by atoms with E-state index in [1.165, 1.54) is 0 Å². The average Bonchev–Trinajstić information content (AvgIpc) is 1.95. The van der Waals surface area contributed by atoms with Crippen molar-refractivity contribution in [3.63, 3.8) is 0 Å². The first-order valence-electron chi connectivity index (χ1n) is 3.96. The van der Waals surface area contributed by atoms with E-state index >= 15 is 0 Å². The second-order valence-electron chi connectivity index (χ2n) is 2.94. The molecule has 1 heterocycles. The molecule has 0 aromatic heterocycles. The number of hydrogen-bond acceptors (Lipinski definition) is 1. The van der Waals surface area contributed by atoms with E-state index in [2.05, 4.69) is 5.32 Å². The van der Waals surface area contributed by atoms with Crippen molar-refractivity contribution in [2.75, 3.05) is 6.54 Å².